The van der Waals surface area contributed by atoms with Gasteiger partial charge in [-0.3, -0.25) is 21.1 Å². The number of hydrogen-bond acceptors (Lipinski definition) is 4. The summed E-state index contributed by atoms with van der Waals surface area (Å²) < 4.78 is 12.9. The number of hydrazine groups is 1. The van der Waals surface area contributed by atoms with Crippen molar-refractivity contribution in [2.75, 3.05) is 32.7 Å². The summed E-state index contributed by atoms with van der Waals surface area (Å²) in [5, 5.41) is 0. The number of nitrogens with two attached hydrogens (primary N) is 1. The molecule has 3 aliphatic heterocycles. The van der Waals surface area contributed by atoms with Crippen LogP contribution in [0.1, 0.15) is 5.56 Å². The standard InChI is InChI=1S/C14H21FN4/c15-12-3-1-11(2-4-12)9-13(17-16)14-10-18-5-7-19(14)8-6-18/h1-4,13-14,17H,5-10,16H2. The molecule has 4 rings (SSSR count). The van der Waals surface area contributed by atoms with Gasteiger partial charge in [-0.05, 0) is 24.1 Å². The number of nitrogens with one attached hydrogen (secondary N) is 1. The van der Waals surface area contributed by atoms with Crippen LogP contribution in [0.15, 0.2) is 24.3 Å². The first-order valence-electron chi connectivity index (χ1n) is 6.93. The van der Waals surface area contributed by atoms with E-state index in [9.17, 15) is 4.39 Å². The summed E-state index contributed by atoms with van der Waals surface area (Å²) in [5.74, 6) is 5.56. The molecule has 0 spiro atoms. The third kappa shape index (κ3) is 2.79. The Balaban J connectivity index is 1.68. The molecular formula is C14H21FN4. The van der Waals surface area contributed by atoms with Crippen LogP contribution in [-0.2, 0) is 6.42 Å². The number of nitrogens with zero attached hydrogens (tertiary/aromatic N) is 2. The predicted octanol–water partition coefficient (Wildman–Crippen LogP) is 0.200. The van der Waals surface area contributed by atoms with Gasteiger partial charge in [-0.25, -0.2) is 4.39 Å². The van der Waals surface area contributed by atoms with Crippen LogP contribution < -0.4 is 11.3 Å². The first-order chi connectivity index (χ1) is 9.26. The molecule has 0 aliphatic carbocycles. The van der Waals surface area contributed by atoms with Crippen molar-refractivity contribution in [1.29, 1.82) is 0 Å². The Bertz CT molecular complexity index is 414. The maximum atomic E-state index is 12.9. The van der Waals surface area contributed by atoms with Gasteiger partial charge in [-0.15, -0.1) is 0 Å². The zero-order chi connectivity index (χ0) is 13.2. The van der Waals surface area contributed by atoms with E-state index in [0.717, 1.165) is 31.6 Å². The van der Waals surface area contributed by atoms with E-state index in [4.69, 9.17) is 5.84 Å². The summed E-state index contributed by atoms with van der Waals surface area (Å²) in [6, 6.07) is 7.39. The second-order valence-corrected chi connectivity index (χ2v) is 5.51. The highest BCUT2D eigenvalue weighted by molar-refractivity contribution is 5.18. The van der Waals surface area contributed by atoms with E-state index in [0.29, 0.717) is 6.04 Å². The number of halogens is 1. The van der Waals surface area contributed by atoms with Crippen molar-refractivity contribution < 1.29 is 4.39 Å². The van der Waals surface area contributed by atoms with Crippen LogP contribution in [0.25, 0.3) is 0 Å². The smallest absolute Gasteiger partial charge is 0.123 e. The number of benzene rings is 1. The van der Waals surface area contributed by atoms with E-state index >= 15 is 0 Å². The van der Waals surface area contributed by atoms with Crippen LogP contribution in [0.2, 0.25) is 0 Å². The van der Waals surface area contributed by atoms with Crippen LogP contribution in [0, 0.1) is 5.82 Å². The minimum Gasteiger partial charge on any atom is -0.299 e. The molecule has 2 atom stereocenters. The molecule has 0 amide bonds. The molecule has 5 heteroatoms. The molecule has 3 saturated heterocycles. The normalized spacial score (nSPS) is 31.4. The zero-order valence-corrected chi connectivity index (χ0v) is 11.1. The highest BCUT2D eigenvalue weighted by Crippen LogP contribution is 2.20. The van der Waals surface area contributed by atoms with Crippen molar-refractivity contribution >= 4 is 0 Å². The molecule has 1 aromatic carbocycles. The van der Waals surface area contributed by atoms with E-state index in [-0.39, 0.29) is 11.9 Å². The maximum Gasteiger partial charge on any atom is 0.123 e. The van der Waals surface area contributed by atoms with Gasteiger partial charge in [-0.1, -0.05) is 12.1 Å². The molecule has 2 bridgehead atoms. The largest absolute Gasteiger partial charge is 0.299 e. The lowest BCUT2D eigenvalue weighted by Gasteiger charge is -2.50. The van der Waals surface area contributed by atoms with Crippen molar-refractivity contribution in [2.45, 2.75) is 18.5 Å². The van der Waals surface area contributed by atoms with Crippen LogP contribution >= 0.6 is 0 Å². The molecule has 19 heavy (non-hydrogen) atoms. The van der Waals surface area contributed by atoms with Crippen LogP contribution in [0.3, 0.4) is 0 Å². The summed E-state index contributed by atoms with van der Waals surface area (Å²) in [5.41, 5.74) is 4.08. The fourth-order valence-corrected chi connectivity index (χ4v) is 3.22. The lowest BCUT2D eigenvalue weighted by Crippen LogP contribution is -2.67. The fourth-order valence-electron chi connectivity index (χ4n) is 3.22. The van der Waals surface area contributed by atoms with E-state index < -0.39 is 0 Å². The number of fused-ring (bicyclic) bond motifs is 3. The topological polar surface area (TPSA) is 44.5 Å². The van der Waals surface area contributed by atoms with Crippen LogP contribution in [0.5, 0.6) is 0 Å². The lowest BCUT2D eigenvalue weighted by atomic mass is 9.95. The zero-order valence-electron chi connectivity index (χ0n) is 11.1. The third-order valence-electron chi connectivity index (χ3n) is 4.37. The molecule has 3 N–H and O–H groups in total. The molecule has 2 unspecified atom stereocenters. The average molecular weight is 264 g/mol. The van der Waals surface area contributed by atoms with Gasteiger partial charge >= 0.3 is 0 Å². The second kappa shape index (κ2) is 5.54. The van der Waals surface area contributed by atoms with Gasteiger partial charge in [0, 0.05) is 44.8 Å². The van der Waals surface area contributed by atoms with Crippen LogP contribution in [-0.4, -0.2) is 54.6 Å². The molecule has 0 aromatic heterocycles. The van der Waals surface area contributed by atoms with E-state index in [2.05, 4.69) is 15.2 Å². The lowest BCUT2D eigenvalue weighted by molar-refractivity contribution is -0.00314. The number of rotatable bonds is 4. The molecule has 3 heterocycles. The first kappa shape index (κ1) is 13.0. The Hall–Kier alpha value is -1.01. The average Bonchev–Trinajstić information content (AvgIpc) is 2.48. The molecule has 0 saturated carbocycles. The molecule has 3 aliphatic rings. The Morgan fingerprint density at radius 1 is 1.21 bits per heavy atom. The minimum atomic E-state index is -0.187. The van der Waals surface area contributed by atoms with E-state index in [1.807, 2.05) is 12.1 Å². The van der Waals surface area contributed by atoms with Crippen molar-refractivity contribution in [2.24, 2.45) is 5.84 Å². The monoisotopic (exact) mass is 264 g/mol. The fraction of sp³-hybridized carbons (Fsp3) is 0.571. The number of hydrogen-bond donors (Lipinski definition) is 2. The molecule has 4 nitrogen and oxygen atoms in total. The quantitative estimate of drug-likeness (QED) is 0.602. The molecule has 3 fully saturated rings. The highest BCUT2D eigenvalue weighted by atomic mass is 19.1. The summed E-state index contributed by atoms with van der Waals surface area (Å²) in [6.07, 6.45) is 0.839. The van der Waals surface area contributed by atoms with E-state index in [1.54, 1.807) is 0 Å². The predicted molar refractivity (Wildman–Crippen MR) is 73.0 cm³/mol. The van der Waals surface area contributed by atoms with Gasteiger partial charge < -0.3 is 0 Å². The maximum absolute atomic E-state index is 12.9. The highest BCUT2D eigenvalue weighted by Gasteiger charge is 2.36. The Labute approximate surface area is 113 Å². The van der Waals surface area contributed by atoms with Gasteiger partial charge in [0.25, 0.3) is 0 Å². The van der Waals surface area contributed by atoms with Crippen LogP contribution in [0.4, 0.5) is 4.39 Å². The Kier molecular flexibility index (Phi) is 3.79. The van der Waals surface area contributed by atoms with E-state index in [1.165, 1.54) is 25.2 Å². The number of piperazine rings is 3. The van der Waals surface area contributed by atoms with Crippen molar-refractivity contribution in [1.82, 2.24) is 15.2 Å². The summed E-state index contributed by atoms with van der Waals surface area (Å²) in [7, 11) is 0. The second-order valence-electron chi connectivity index (χ2n) is 5.51. The Morgan fingerprint density at radius 3 is 2.42 bits per heavy atom. The molecule has 0 radical (unpaired) electrons. The van der Waals surface area contributed by atoms with Gasteiger partial charge in [0.15, 0.2) is 0 Å². The van der Waals surface area contributed by atoms with Crippen molar-refractivity contribution in [3.63, 3.8) is 0 Å². The SMILES string of the molecule is NNC(Cc1ccc(F)cc1)C1CN2CCN1CC2. The Morgan fingerprint density at radius 2 is 1.89 bits per heavy atom. The minimum absolute atomic E-state index is 0.187. The molecule has 1 aromatic rings. The molecule has 104 valence electrons. The summed E-state index contributed by atoms with van der Waals surface area (Å²) in [4.78, 5) is 5.02. The van der Waals surface area contributed by atoms with Gasteiger partial charge in [0.2, 0.25) is 0 Å². The van der Waals surface area contributed by atoms with Crippen molar-refractivity contribution in [3.8, 4) is 0 Å². The first-order valence-corrected chi connectivity index (χ1v) is 6.93. The van der Waals surface area contributed by atoms with Gasteiger partial charge in [0.05, 0.1) is 0 Å². The van der Waals surface area contributed by atoms with Gasteiger partial charge in [-0.2, -0.15) is 0 Å². The summed E-state index contributed by atoms with van der Waals surface area (Å²) in [6.45, 7) is 5.68. The summed E-state index contributed by atoms with van der Waals surface area (Å²) >= 11 is 0. The third-order valence-corrected chi connectivity index (χ3v) is 4.37. The van der Waals surface area contributed by atoms with Crippen molar-refractivity contribution in [3.05, 3.63) is 35.6 Å². The molecular weight excluding hydrogens is 243 g/mol. The van der Waals surface area contributed by atoms with Gasteiger partial charge in [0.1, 0.15) is 5.82 Å².